The zero-order chi connectivity index (χ0) is 31.0. The zero-order valence-corrected chi connectivity index (χ0v) is 25.9. The molecule has 0 fully saturated rings. The number of nitrogens with one attached hydrogen (secondary N) is 1. The van der Waals surface area contributed by atoms with Crippen molar-refractivity contribution in [3.05, 3.63) is 161 Å². The number of amidine groups is 1. The van der Waals surface area contributed by atoms with Crippen molar-refractivity contribution >= 4 is 34.4 Å². The molecular weight excluding hydrogens is 576 g/mol. The van der Waals surface area contributed by atoms with Crippen LogP contribution in [0, 0.1) is 0 Å². The number of hydrogen-bond donors (Lipinski definition) is 2. The van der Waals surface area contributed by atoms with Crippen molar-refractivity contribution in [2.45, 2.75) is 12.2 Å². The molecule has 7 heteroatoms. The molecule has 0 bridgehead atoms. The smallest absolute Gasteiger partial charge is 0.162 e. The monoisotopic (exact) mass is 608 g/mol. The van der Waals surface area contributed by atoms with Crippen LogP contribution in [0.5, 0.6) is 0 Å². The fraction of sp³-hybridized carbons (Fsp3) is 0.105. The summed E-state index contributed by atoms with van der Waals surface area (Å²) in [6.45, 7) is 0.722. The van der Waals surface area contributed by atoms with Gasteiger partial charge >= 0.3 is 0 Å². The van der Waals surface area contributed by atoms with E-state index in [1.807, 2.05) is 122 Å². The van der Waals surface area contributed by atoms with Crippen molar-refractivity contribution in [2.24, 2.45) is 10.7 Å². The normalized spacial score (nSPS) is 13.0. The highest BCUT2D eigenvalue weighted by atomic mass is 35.5. The number of aromatic nitrogens is 2. The van der Waals surface area contributed by atoms with Gasteiger partial charge in [-0.3, -0.25) is 10.3 Å². The third kappa shape index (κ3) is 5.29. The van der Waals surface area contributed by atoms with Gasteiger partial charge in [-0.25, -0.2) is 9.98 Å². The van der Waals surface area contributed by atoms with E-state index in [2.05, 4.69) is 45.2 Å². The SMILES string of the molecule is CN(C)/C(=N\C(N)(c1ccccc1)c1ccccc1)c1cc(Cl)cc(-c2ccc3c(c2)c2c(n3-c3ccccn3)CNC=C2)c1. The molecule has 45 heavy (non-hydrogen) atoms. The number of hydrogen-bond acceptors (Lipinski definition) is 4. The van der Waals surface area contributed by atoms with Gasteiger partial charge < -0.3 is 10.2 Å². The quantitative estimate of drug-likeness (QED) is 0.151. The predicted octanol–water partition coefficient (Wildman–Crippen LogP) is 7.59. The van der Waals surface area contributed by atoms with Crippen molar-refractivity contribution in [3.8, 4) is 16.9 Å². The van der Waals surface area contributed by atoms with Gasteiger partial charge in [0.1, 0.15) is 11.7 Å². The van der Waals surface area contributed by atoms with Crippen molar-refractivity contribution in [3.63, 3.8) is 0 Å². The Labute approximate surface area is 268 Å². The number of aliphatic imine (C=N–C) groups is 1. The molecule has 7 rings (SSSR count). The number of fused-ring (bicyclic) bond motifs is 3. The zero-order valence-electron chi connectivity index (χ0n) is 25.2. The third-order valence-corrected chi connectivity index (χ3v) is 8.47. The van der Waals surface area contributed by atoms with Crippen LogP contribution >= 0.6 is 11.6 Å². The Morgan fingerprint density at radius 1 is 0.867 bits per heavy atom. The minimum atomic E-state index is -1.11. The summed E-state index contributed by atoms with van der Waals surface area (Å²) >= 11 is 6.84. The van der Waals surface area contributed by atoms with Gasteiger partial charge in [0, 0.05) is 41.8 Å². The van der Waals surface area contributed by atoms with Gasteiger partial charge in [0.2, 0.25) is 0 Å². The summed E-state index contributed by atoms with van der Waals surface area (Å²) in [5.74, 6) is 1.62. The molecule has 3 N–H and O–H groups in total. The van der Waals surface area contributed by atoms with Gasteiger partial charge in [-0.1, -0.05) is 84.4 Å². The van der Waals surface area contributed by atoms with Crippen LogP contribution in [-0.4, -0.2) is 34.4 Å². The molecule has 222 valence electrons. The largest absolute Gasteiger partial charge is 0.385 e. The molecule has 0 unspecified atom stereocenters. The Balaban J connectivity index is 1.38. The molecule has 0 aliphatic carbocycles. The third-order valence-electron chi connectivity index (χ3n) is 8.25. The Hall–Kier alpha value is -5.17. The summed E-state index contributed by atoms with van der Waals surface area (Å²) in [4.78, 5) is 11.9. The lowest BCUT2D eigenvalue weighted by Gasteiger charge is -2.30. The number of pyridine rings is 1. The van der Waals surface area contributed by atoms with Gasteiger partial charge in [0.25, 0.3) is 0 Å². The van der Waals surface area contributed by atoms with E-state index in [1.165, 1.54) is 11.3 Å². The van der Waals surface area contributed by atoms with E-state index in [4.69, 9.17) is 22.3 Å². The summed E-state index contributed by atoms with van der Waals surface area (Å²) in [5.41, 5.74) is 14.3. The maximum absolute atomic E-state index is 7.22. The van der Waals surface area contributed by atoms with Crippen LogP contribution in [0.1, 0.15) is 27.9 Å². The van der Waals surface area contributed by atoms with E-state index >= 15 is 0 Å². The lowest BCUT2D eigenvalue weighted by molar-refractivity contribution is 0.540. The van der Waals surface area contributed by atoms with Crippen molar-refractivity contribution in [1.29, 1.82) is 0 Å². The number of nitrogens with zero attached hydrogens (tertiary/aromatic N) is 4. The van der Waals surface area contributed by atoms with E-state index in [9.17, 15) is 0 Å². The van der Waals surface area contributed by atoms with E-state index in [1.54, 1.807) is 0 Å². The maximum Gasteiger partial charge on any atom is 0.162 e. The highest BCUT2D eigenvalue weighted by Gasteiger charge is 2.30. The van der Waals surface area contributed by atoms with Crippen LogP contribution in [0.15, 0.2) is 133 Å². The first-order valence-electron chi connectivity index (χ1n) is 14.9. The highest BCUT2D eigenvalue weighted by molar-refractivity contribution is 6.31. The lowest BCUT2D eigenvalue weighted by atomic mass is 9.92. The second-order valence-corrected chi connectivity index (χ2v) is 11.8. The average Bonchev–Trinajstić information content (AvgIpc) is 3.41. The Morgan fingerprint density at radius 3 is 2.24 bits per heavy atom. The molecular formula is C38H33ClN6. The number of benzene rings is 4. The average molecular weight is 609 g/mol. The van der Waals surface area contributed by atoms with E-state index in [0.717, 1.165) is 56.9 Å². The summed E-state index contributed by atoms with van der Waals surface area (Å²) in [6.07, 6.45) is 5.97. The molecule has 6 nitrogen and oxygen atoms in total. The minimum Gasteiger partial charge on any atom is -0.385 e. The molecule has 0 radical (unpaired) electrons. The van der Waals surface area contributed by atoms with Crippen molar-refractivity contribution in [1.82, 2.24) is 19.8 Å². The van der Waals surface area contributed by atoms with E-state index in [0.29, 0.717) is 5.02 Å². The fourth-order valence-electron chi connectivity index (χ4n) is 6.11. The van der Waals surface area contributed by atoms with Gasteiger partial charge in [-0.15, -0.1) is 0 Å². The number of nitrogens with two attached hydrogens (primary N) is 1. The Morgan fingerprint density at radius 2 is 1.58 bits per heavy atom. The first-order valence-corrected chi connectivity index (χ1v) is 15.3. The van der Waals surface area contributed by atoms with Crippen LogP contribution in [0.4, 0.5) is 0 Å². The summed E-state index contributed by atoms with van der Waals surface area (Å²) < 4.78 is 2.24. The molecule has 0 spiro atoms. The lowest BCUT2D eigenvalue weighted by Crippen LogP contribution is -2.39. The predicted molar refractivity (Wildman–Crippen MR) is 185 cm³/mol. The summed E-state index contributed by atoms with van der Waals surface area (Å²) in [5, 5.41) is 5.14. The highest BCUT2D eigenvalue weighted by Crippen LogP contribution is 2.36. The number of halogens is 1. The van der Waals surface area contributed by atoms with Gasteiger partial charge in [0.05, 0.1) is 17.8 Å². The van der Waals surface area contributed by atoms with Gasteiger partial charge in [-0.2, -0.15) is 0 Å². The van der Waals surface area contributed by atoms with Gasteiger partial charge in [0.15, 0.2) is 5.66 Å². The summed E-state index contributed by atoms with van der Waals surface area (Å²) in [6, 6.07) is 38.7. The molecule has 0 atom stereocenters. The van der Waals surface area contributed by atoms with Crippen LogP contribution in [0.3, 0.4) is 0 Å². The number of rotatable bonds is 6. The molecule has 2 aromatic heterocycles. The van der Waals surface area contributed by atoms with Crippen LogP contribution < -0.4 is 11.1 Å². The first-order chi connectivity index (χ1) is 21.9. The standard InChI is InChI=1S/C38H33ClN6/c1-44(2)37(43-38(40,29-11-5-3-6-12-29)30-13-7-4-8-14-30)28-21-27(22-31(39)23-28)26-16-17-34-33(24-26)32-18-20-41-25-35(32)45(34)36-15-9-10-19-42-36/h3-24,41H,25,40H2,1-2H3/b43-37-. The fourth-order valence-corrected chi connectivity index (χ4v) is 6.34. The Bertz CT molecular complexity index is 2010. The van der Waals surface area contributed by atoms with Crippen LogP contribution in [-0.2, 0) is 12.2 Å². The molecule has 0 saturated heterocycles. The minimum absolute atomic E-state index is 0.622. The second kappa shape index (κ2) is 11.7. The summed E-state index contributed by atoms with van der Waals surface area (Å²) in [7, 11) is 3.96. The molecule has 0 saturated carbocycles. The van der Waals surface area contributed by atoms with Crippen molar-refractivity contribution in [2.75, 3.05) is 14.1 Å². The molecule has 3 heterocycles. The molecule has 1 aliphatic rings. The first kappa shape index (κ1) is 28.6. The maximum atomic E-state index is 7.22. The topological polar surface area (TPSA) is 71.5 Å². The van der Waals surface area contributed by atoms with Crippen molar-refractivity contribution < 1.29 is 0 Å². The van der Waals surface area contributed by atoms with E-state index in [-0.39, 0.29) is 0 Å². The molecule has 4 aromatic carbocycles. The van der Waals surface area contributed by atoms with Gasteiger partial charge in [-0.05, 0) is 77.0 Å². The molecule has 0 amide bonds. The van der Waals surface area contributed by atoms with E-state index < -0.39 is 5.66 Å². The van der Waals surface area contributed by atoms with Crippen LogP contribution in [0.25, 0.3) is 33.9 Å². The molecule has 6 aromatic rings. The Kier molecular flexibility index (Phi) is 7.45. The molecule has 1 aliphatic heterocycles. The van der Waals surface area contributed by atoms with Crippen LogP contribution in [0.2, 0.25) is 5.02 Å². The second-order valence-electron chi connectivity index (χ2n) is 11.4.